The largest absolute Gasteiger partial charge is 0.368 e. The molecule has 200 valence electrons. The number of para-hydroxylation sites is 1. The van der Waals surface area contributed by atoms with E-state index in [0.29, 0.717) is 17.1 Å². The van der Waals surface area contributed by atoms with Gasteiger partial charge in [0.1, 0.15) is 11.6 Å². The van der Waals surface area contributed by atoms with E-state index in [2.05, 4.69) is 99.0 Å². The first-order chi connectivity index (χ1) is 18.7. The molecule has 1 atom stereocenters. The zero-order valence-corrected chi connectivity index (χ0v) is 23.2. The molecule has 0 saturated carbocycles. The molecule has 0 radical (unpaired) electrons. The van der Waals surface area contributed by atoms with Gasteiger partial charge in [-0.1, -0.05) is 48.5 Å². The molecular weight excluding hydrogens is 490 g/mol. The smallest absolute Gasteiger partial charge is 0.232 e. The Balaban J connectivity index is 1.25. The minimum Gasteiger partial charge on any atom is -0.368 e. The highest BCUT2D eigenvalue weighted by Crippen LogP contribution is 2.28. The number of aryl methyl sites for hydroxylation is 1. The van der Waals surface area contributed by atoms with Crippen molar-refractivity contribution in [1.82, 2.24) is 15.3 Å². The third kappa shape index (κ3) is 6.92. The van der Waals surface area contributed by atoms with Gasteiger partial charge in [0.2, 0.25) is 5.95 Å². The van der Waals surface area contributed by atoms with Gasteiger partial charge in [-0.3, -0.25) is 0 Å². The Hall–Kier alpha value is -3.39. The van der Waals surface area contributed by atoms with Gasteiger partial charge in [-0.15, -0.1) is 0 Å². The van der Waals surface area contributed by atoms with Crippen molar-refractivity contribution in [2.24, 2.45) is 0 Å². The maximum absolute atomic E-state index is 5.62. The van der Waals surface area contributed by atoms with Crippen LogP contribution in [0.1, 0.15) is 38.2 Å². The number of nitrogens with zero attached hydrogens (tertiary/aromatic N) is 5. The van der Waals surface area contributed by atoms with Crippen molar-refractivity contribution >= 4 is 40.6 Å². The van der Waals surface area contributed by atoms with Crippen LogP contribution in [0.4, 0.5) is 23.3 Å². The number of hydrogen-bond acceptors (Lipinski definition) is 6. The zero-order valence-electron chi connectivity index (χ0n) is 22.4. The minimum absolute atomic E-state index is 0.470. The van der Waals surface area contributed by atoms with Crippen LogP contribution in [-0.4, -0.2) is 60.4 Å². The third-order valence-corrected chi connectivity index (χ3v) is 7.76. The summed E-state index contributed by atoms with van der Waals surface area (Å²) in [5, 5.41) is 7.19. The lowest BCUT2D eigenvalue weighted by molar-refractivity contribution is 0.481. The molecule has 3 heterocycles. The van der Waals surface area contributed by atoms with Crippen molar-refractivity contribution in [3.05, 3.63) is 72.3 Å². The molecule has 2 aromatic carbocycles. The Labute approximate surface area is 232 Å². The molecule has 0 unspecified atom stereocenters. The molecule has 3 aromatic rings. The average molecular weight is 530 g/mol. The molecule has 7 nitrogen and oxygen atoms in total. The van der Waals surface area contributed by atoms with Crippen LogP contribution in [0.15, 0.2) is 66.7 Å². The molecule has 2 aliphatic rings. The second kappa shape index (κ2) is 12.9. The van der Waals surface area contributed by atoms with Gasteiger partial charge in [-0.05, 0) is 68.9 Å². The van der Waals surface area contributed by atoms with Gasteiger partial charge in [-0.25, -0.2) is 0 Å². The number of rotatable bonds is 8. The van der Waals surface area contributed by atoms with Crippen molar-refractivity contribution in [3.63, 3.8) is 0 Å². The summed E-state index contributed by atoms with van der Waals surface area (Å²) >= 11 is 5.62. The lowest BCUT2D eigenvalue weighted by Crippen LogP contribution is -2.47. The summed E-state index contributed by atoms with van der Waals surface area (Å²) in [4.78, 5) is 17.1. The summed E-state index contributed by atoms with van der Waals surface area (Å²) in [6, 6.07) is 23.8. The molecule has 8 heteroatoms. The summed E-state index contributed by atoms with van der Waals surface area (Å²) in [7, 11) is 0. The molecule has 0 spiro atoms. The molecule has 2 saturated heterocycles. The molecule has 2 N–H and O–H groups in total. The van der Waals surface area contributed by atoms with E-state index in [9.17, 15) is 0 Å². The number of anilines is 4. The fourth-order valence-corrected chi connectivity index (χ4v) is 5.54. The zero-order chi connectivity index (χ0) is 26.2. The first-order valence-corrected chi connectivity index (χ1v) is 14.4. The summed E-state index contributed by atoms with van der Waals surface area (Å²) in [6.07, 6.45) is 5.70. The fraction of sp³-hybridized carbons (Fsp3) is 0.433. The molecule has 0 amide bonds. The van der Waals surface area contributed by atoms with Crippen LogP contribution in [0.2, 0.25) is 0 Å². The van der Waals surface area contributed by atoms with Crippen LogP contribution in [0.3, 0.4) is 0 Å². The second-order valence-electron chi connectivity index (χ2n) is 10.2. The predicted octanol–water partition coefficient (Wildman–Crippen LogP) is 5.10. The maximum Gasteiger partial charge on any atom is 0.232 e. The second-order valence-corrected chi connectivity index (χ2v) is 10.6. The Kier molecular flexibility index (Phi) is 8.91. The van der Waals surface area contributed by atoms with E-state index in [-0.39, 0.29) is 0 Å². The maximum atomic E-state index is 5.62. The molecule has 2 fully saturated rings. The van der Waals surface area contributed by atoms with E-state index in [0.717, 1.165) is 63.7 Å². The highest BCUT2D eigenvalue weighted by molar-refractivity contribution is 7.80. The van der Waals surface area contributed by atoms with Crippen molar-refractivity contribution in [2.45, 2.75) is 45.1 Å². The van der Waals surface area contributed by atoms with E-state index in [1.54, 1.807) is 0 Å². The summed E-state index contributed by atoms with van der Waals surface area (Å²) in [5.74, 6) is 2.53. The van der Waals surface area contributed by atoms with E-state index >= 15 is 0 Å². The van der Waals surface area contributed by atoms with Gasteiger partial charge < -0.3 is 25.3 Å². The van der Waals surface area contributed by atoms with Gasteiger partial charge in [0.25, 0.3) is 0 Å². The Morgan fingerprint density at radius 3 is 2.29 bits per heavy atom. The van der Waals surface area contributed by atoms with Crippen molar-refractivity contribution in [3.8, 4) is 0 Å². The number of aromatic nitrogens is 2. The van der Waals surface area contributed by atoms with Crippen molar-refractivity contribution in [1.29, 1.82) is 0 Å². The number of piperazine rings is 1. The van der Waals surface area contributed by atoms with Crippen LogP contribution >= 0.6 is 12.2 Å². The quantitative estimate of drug-likeness (QED) is 0.309. The molecule has 1 aromatic heterocycles. The lowest BCUT2D eigenvalue weighted by Gasteiger charge is -2.38. The van der Waals surface area contributed by atoms with Crippen LogP contribution in [-0.2, 0) is 6.42 Å². The van der Waals surface area contributed by atoms with E-state index in [4.69, 9.17) is 22.2 Å². The summed E-state index contributed by atoms with van der Waals surface area (Å²) in [6.45, 7) is 7.90. The van der Waals surface area contributed by atoms with E-state index in [1.807, 2.05) is 0 Å². The number of benzene rings is 2. The van der Waals surface area contributed by atoms with Crippen LogP contribution in [0.5, 0.6) is 0 Å². The van der Waals surface area contributed by atoms with Gasteiger partial charge in [0.05, 0.1) is 0 Å². The fourth-order valence-electron chi connectivity index (χ4n) is 5.34. The van der Waals surface area contributed by atoms with Gasteiger partial charge in [0.15, 0.2) is 5.11 Å². The minimum atomic E-state index is 0.470. The van der Waals surface area contributed by atoms with Crippen molar-refractivity contribution < 1.29 is 0 Å². The monoisotopic (exact) mass is 529 g/mol. The van der Waals surface area contributed by atoms with Crippen molar-refractivity contribution in [2.75, 3.05) is 59.3 Å². The number of piperidine rings is 1. The van der Waals surface area contributed by atoms with E-state index in [1.165, 1.54) is 30.5 Å². The highest BCUT2D eigenvalue weighted by atomic mass is 32.1. The molecule has 2 aliphatic heterocycles. The normalized spacial score (nSPS) is 17.8. The molecule has 5 rings (SSSR count). The van der Waals surface area contributed by atoms with Gasteiger partial charge >= 0.3 is 0 Å². The standard InChI is InChI=1S/C30H39N7S/c1-24-11-8-9-18-37(24)28-23-27(36-21-19-35(20-22-36)26-15-6-3-7-16-26)32-29(33-28)34-30(38)31-17-10-14-25-12-4-2-5-13-25/h2-7,12-13,15-16,23-24H,8-11,14,17-22H2,1H3,(H2,31,32,33,34,38)/t24-/m0/s1. The lowest BCUT2D eigenvalue weighted by atomic mass is 10.0. The summed E-state index contributed by atoms with van der Waals surface area (Å²) < 4.78 is 0. The topological polar surface area (TPSA) is 59.6 Å². The summed E-state index contributed by atoms with van der Waals surface area (Å²) in [5.41, 5.74) is 2.63. The van der Waals surface area contributed by atoms with Crippen LogP contribution in [0, 0.1) is 0 Å². The third-order valence-electron chi connectivity index (χ3n) is 7.52. The average Bonchev–Trinajstić information content (AvgIpc) is 2.96. The highest BCUT2D eigenvalue weighted by Gasteiger charge is 2.24. The van der Waals surface area contributed by atoms with Crippen LogP contribution in [0.25, 0.3) is 0 Å². The number of hydrogen-bond donors (Lipinski definition) is 2. The van der Waals surface area contributed by atoms with Gasteiger partial charge in [0, 0.05) is 57.1 Å². The Morgan fingerprint density at radius 2 is 1.55 bits per heavy atom. The number of nitrogens with one attached hydrogen (secondary N) is 2. The van der Waals surface area contributed by atoms with Gasteiger partial charge in [-0.2, -0.15) is 9.97 Å². The number of thiocarbonyl (C=S) groups is 1. The Morgan fingerprint density at radius 1 is 0.868 bits per heavy atom. The molecule has 0 bridgehead atoms. The molecular formula is C30H39N7S. The van der Waals surface area contributed by atoms with E-state index < -0.39 is 0 Å². The predicted molar refractivity (Wildman–Crippen MR) is 163 cm³/mol. The first-order valence-electron chi connectivity index (χ1n) is 14.0. The van der Waals surface area contributed by atoms with Crippen LogP contribution < -0.4 is 25.3 Å². The SMILES string of the molecule is C[C@H]1CCCCN1c1cc(N2CCN(c3ccccc3)CC2)nc(NC(=S)NCCCc2ccccc2)n1. The first kappa shape index (κ1) is 26.2. The molecule has 0 aliphatic carbocycles. The molecule has 38 heavy (non-hydrogen) atoms. The Bertz CT molecular complexity index is 1170.